The summed E-state index contributed by atoms with van der Waals surface area (Å²) in [5.74, 6) is -1.11. The lowest BCUT2D eigenvalue weighted by molar-refractivity contribution is -0.143. The molecule has 1 amide bonds. The van der Waals surface area contributed by atoms with Crippen molar-refractivity contribution >= 4 is 11.7 Å². The molecule has 0 radical (unpaired) electrons. The van der Waals surface area contributed by atoms with E-state index >= 15 is 0 Å². The van der Waals surface area contributed by atoms with Crippen LogP contribution in [0.2, 0.25) is 0 Å². The zero-order valence-electron chi connectivity index (χ0n) is 12.1. The molecule has 0 saturated heterocycles. The maximum absolute atomic E-state index is 12.8. The van der Waals surface area contributed by atoms with E-state index in [-0.39, 0.29) is 11.9 Å². The lowest BCUT2D eigenvalue weighted by Gasteiger charge is -2.14. The van der Waals surface area contributed by atoms with Crippen LogP contribution in [0.15, 0.2) is 36.5 Å². The number of carbonyl (C=O) groups excluding carboxylic acids is 1. The van der Waals surface area contributed by atoms with E-state index in [0.717, 1.165) is 5.56 Å². The van der Waals surface area contributed by atoms with Crippen LogP contribution in [0.25, 0.3) is 0 Å². The molecule has 9 heteroatoms. The van der Waals surface area contributed by atoms with Crippen molar-refractivity contribution in [3.63, 3.8) is 0 Å². The Hall–Kier alpha value is -2.58. The molecule has 0 aliphatic rings. The third-order valence-electron chi connectivity index (χ3n) is 3.00. The van der Waals surface area contributed by atoms with Gasteiger partial charge >= 0.3 is 12.4 Å². The predicted molar refractivity (Wildman–Crippen MR) is 73.4 cm³/mol. The van der Waals surface area contributed by atoms with Crippen molar-refractivity contribution in [2.24, 2.45) is 0 Å². The van der Waals surface area contributed by atoms with E-state index < -0.39 is 35.0 Å². The van der Waals surface area contributed by atoms with Crippen LogP contribution in [0.1, 0.15) is 27.0 Å². The van der Waals surface area contributed by atoms with E-state index in [4.69, 9.17) is 0 Å². The minimum absolute atomic E-state index is 0.0107. The van der Waals surface area contributed by atoms with Gasteiger partial charge in [-0.05, 0) is 36.8 Å². The number of aromatic nitrogens is 1. The predicted octanol–water partition coefficient (Wildman–Crippen LogP) is 4.68. The normalized spacial score (nSPS) is 12.1. The Morgan fingerprint density at radius 3 is 1.92 bits per heavy atom. The Labute approximate surface area is 132 Å². The highest BCUT2D eigenvalue weighted by Crippen LogP contribution is 2.36. The van der Waals surface area contributed by atoms with Crippen LogP contribution in [0.3, 0.4) is 0 Å². The molecule has 0 unspecified atom stereocenters. The first-order valence-corrected chi connectivity index (χ1v) is 6.50. The van der Waals surface area contributed by atoms with Crippen molar-refractivity contribution < 1.29 is 31.1 Å². The summed E-state index contributed by atoms with van der Waals surface area (Å²) in [6.45, 7) is 1.72. The Morgan fingerprint density at radius 1 is 0.958 bits per heavy atom. The second-order valence-electron chi connectivity index (χ2n) is 4.97. The molecule has 1 heterocycles. The van der Waals surface area contributed by atoms with Crippen LogP contribution >= 0.6 is 0 Å². The molecule has 0 aliphatic heterocycles. The summed E-state index contributed by atoms with van der Waals surface area (Å²) < 4.78 is 76.6. The molecule has 1 aromatic heterocycles. The van der Waals surface area contributed by atoms with E-state index in [9.17, 15) is 31.1 Å². The van der Waals surface area contributed by atoms with Gasteiger partial charge in [-0.2, -0.15) is 26.3 Å². The lowest BCUT2D eigenvalue weighted by Crippen LogP contribution is -2.17. The van der Waals surface area contributed by atoms with Gasteiger partial charge in [-0.1, -0.05) is 6.07 Å². The maximum Gasteiger partial charge on any atom is 0.416 e. The number of hydrogen-bond donors (Lipinski definition) is 1. The monoisotopic (exact) mass is 348 g/mol. The zero-order valence-corrected chi connectivity index (χ0v) is 12.1. The molecular formula is C15H10F6N2O. The minimum Gasteiger partial charge on any atom is -0.307 e. The van der Waals surface area contributed by atoms with Crippen LogP contribution in [0, 0.1) is 6.92 Å². The van der Waals surface area contributed by atoms with Crippen molar-refractivity contribution in [1.82, 2.24) is 4.98 Å². The van der Waals surface area contributed by atoms with E-state index in [2.05, 4.69) is 10.3 Å². The second kappa shape index (κ2) is 6.14. The molecule has 0 aliphatic carbocycles. The Balaban J connectivity index is 2.40. The van der Waals surface area contributed by atoms with Gasteiger partial charge < -0.3 is 5.32 Å². The number of rotatable bonds is 2. The largest absolute Gasteiger partial charge is 0.416 e. The molecule has 0 bridgehead atoms. The second-order valence-corrected chi connectivity index (χ2v) is 4.97. The van der Waals surface area contributed by atoms with Gasteiger partial charge in [0.15, 0.2) is 0 Å². The van der Waals surface area contributed by atoms with Crippen LogP contribution in [0.5, 0.6) is 0 Å². The molecule has 1 N–H and O–H groups in total. The molecule has 24 heavy (non-hydrogen) atoms. The van der Waals surface area contributed by atoms with Gasteiger partial charge in [0.05, 0.1) is 11.1 Å². The molecule has 0 saturated carbocycles. The highest BCUT2D eigenvalue weighted by Gasteiger charge is 2.37. The average Bonchev–Trinajstić information content (AvgIpc) is 2.47. The lowest BCUT2D eigenvalue weighted by atomic mass is 10.0. The van der Waals surface area contributed by atoms with Crippen molar-refractivity contribution in [2.45, 2.75) is 19.3 Å². The van der Waals surface area contributed by atoms with Gasteiger partial charge in [0.25, 0.3) is 5.91 Å². The van der Waals surface area contributed by atoms with Crippen molar-refractivity contribution in [1.29, 1.82) is 0 Å². The molecule has 128 valence electrons. The topological polar surface area (TPSA) is 42.0 Å². The summed E-state index contributed by atoms with van der Waals surface area (Å²) in [6.07, 6.45) is -8.64. The van der Waals surface area contributed by atoms with Gasteiger partial charge in [-0.15, -0.1) is 0 Å². The van der Waals surface area contributed by atoms with Crippen molar-refractivity contribution in [3.05, 3.63) is 58.8 Å². The van der Waals surface area contributed by atoms with Crippen molar-refractivity contribution in [2.75, 3.05) is 5.32 Å². The standard InChI is InChI=1S/C15H10F6N2O/c1-8-2-3-12(22-7-8)23-13(24)9-4-10(14(16,17)18)6-11(5-9)15(19,20)21/h2-7H,1H3,(H,22,23,24). The van der Waals surface area contributed by atoms with Gasteiger partial charge in [0.2, 0.25) is 0 Å². The fraction of sp³-hybridized carbons (Fsp3) is 0.200. The third-order valence-corrected chi connectivity index (χ3v) is 3.00. The molecule has 0 fully saturated rings. The van der Waals surface area contributed by atoms with Gasteiger partial charge in [-0.3, -0.25) is 4.79 Å². The summed E-state index contributed by atoms with van der Waals surface area (Å²) in [5.41, 5.74) is -3.11. The Bertz CT molecular complexity index is 718. The molecule has 2 rings (SSSR count). The molecule has 2 aromatic rings. The third kappa shape index (κ3) is 4.24. The highest BCUT2D eigenvalue weighted by molar-refractivity contribution is 6.04. The number of pyridine rings is 1. The number of hydrogen-bond acceptors (Lipinski definition) is 2. The zero-order chi connectivity index (χ0) is 18.1. The Kier molecular flexibility index (Phi) is 4.54. The number of aryl methyl sites for hydroxylation is 1. The molecule has 0 spiro atoms. The average molecular weight is 348 g/mol. The smallest absolute Gasteiger partial charge is 0.307 e. The molecule has 1 aromatic carbocycles. The minimum atomic E-state index is -5.02. The highest BCUT2D eigenvalue weighted by atomic mass is 19.4. The molecule has 3 nitrogen and oxygen atoms in total. The first-order chi connectivity index (χ1) is 11.0. The van der Waals surface area contributed by atoms with Gasteiger partial charge in [-0.25, -0.2) is 4.98 Å². The van der Waals surface area contributed by atoms with Crippen LogP contribution in [-0.4, -0.2) is 10.9 Å². The van der Waals surface area contributed by atoms with Crippen LogP contribution in [-0.2, 0) is 12.4 Å². The summed E-state index contributed by atoms with van der Waals surface area (Å²) in [6, 6.07) is 3.64. The van der Waals surface area contributed by atoms with E-state index in [1.54, 1.807) is 13.0 Å². The number of nitrogens with zero attached hydrogens (tertiary/aromatic N) is 1. The quantitative estimate of drug-likeness (QED) is 0.801. The van der Waals surface area contributed by atoms with Crippen LogP contribution in [0.4, 0.5) is 32.2 Å². The fourth-order valence-electron chi connectivity index (χ4n) is 1.82. The fourth-order valence-corrected chi connectivity index (χ4v) is 1.82. The summed E-state index contributed by atoms with van der Waals surface area (Å²) in [7, 11) is 0. The SMILES string of the molecule is Cc1ccc(NC(=O)c2cc(C(F)(F)F)cc(C(F)(F)F)c2)nc1. The summed E-state index contributed by atoms with van der Waals surface area (Å²) in [4.78, 5) is 15.8. The number of halogens is 6. The number of alkyl halides is 6. The van der Waals surface area contributed by atoms with Crippen LogP contribution < -0.4 is 5.32 Å². The number of anilines is 1. The maximum atomic E-state index is 12.8. The van der Waals surface area contributed by atoms with Crippen molar-refractivity contribution in [3.8, 4) is 0 Å². The number of carbonyl (C=O) groups is 1. The van der Waals surface area contributed by atoms with E-state index in [0.29, 0.717) is 12.1 Å². The Morgan fingerprint density at radius 2 is 1.50 bits per heavy atom. The summed E-state index contributed by atoms with van der Waals surface area (Å²) in [5, 5.41) is 2.16. The number of benzene rings is 1. The first-order valence-electron chi connectivity index (χ1n) is 6.50. The van der Waals surface area contributed by atoms with E-state index in [1.165, 1.54) is 12.3 Å². The summed E-state index contributed by atoms with van der Waals surface area (Å²) >= 11 is 0. The van der Waals surface area contributed by atoms with Gasteiger partial charge in [0, 0.05) is 11.8 Å². The molecular weight excluding hydrogens is 338 g/mol. The van der Waals surface area contributed by atoms with Gasteiger partial charge in [0.1, 0.15) is 5.82 Å². The first kappa shape index (κ1) is 17.8. The number of amides is 1. The van der Waals surface area contributed by atoms with E-state index in [1.807, 2.05) is 0 Å². The molecule has 0 atom stereocenters. The number of nitrogens with one attached hydrogen (secondary N) is 1.